The van der Waals surface area contributed by atoms with E-state index in [-0.39, 0.29) is 33.6 Å². The number of likely N-dealkylation sites (tertiary alicyclic amines) is 1. The number of ether oxygens (including phenoxy) is 4. The molecule has 0 amide bonds. The molecule has 0 N–H and O–H groups in total. The van der Waals surface area contributed by atoms with Crippen LogP contribution in [0.4, 0.5) is 0 Å². The monoisotopic (exact) mass is 479 g/mol. The van der Waals surface area contributed by atoms with Gasteiger partial charge in [0.05, 0.1) is 12.7 Å². The number of hydrogen-bond acceptors (Lipinski definition) is 5. The van der Waals surface area contributed by atoms with Gasteiger partial charge in [-0.05, 0) is 81.4 Å². The largest absolute Gasteiger partial charge is 0.493 e. The molecule has 4 bridgehead atoms. The van der Waals surface area contributed by atoms with Crippen LogP contribution in [0.1, 0.15) is 77.3 Å². The minimum Gasteiger partial charge on any atom is -0.493 e. The average molecular weight is 480 g/mol. The molecule has 35 heavy (non-hydrogen) atoms. The molecule has 5 nitrogen and oxygen atoms in total. The molecule has 9 rings (SSSR count). The summed E-state index contributed by atoms with van der Waals surface area (Å²) in [6.45, 7) is 12.3. The summed E-state index contributed by atoms with van der Waals surface area (Å²) < 4.78 is 26.6. The van der Waals surface area contributed by atoms with Gasteiger partial charge >= 0.3 is 0 Å². The maximum absolute atomic E-state index is 7.20. The third-order valence-corrected chi connectivity index (χ3v) is 12.3. The summed E-state index contributed by atoms with van der Waals surface area (Å²) in [5.41, 5.74) is 2.70. The highest BCUT2D eigenvalue weighted by Crippen LogP contribution is 2.78. The topological polar surface area (TPSA) is 40.2 Å². The van der Waals surface area contributed by atoms with E-state index in [0.29, 0.717) is 18.8 Å². The van der Waals surface area contributed by atoms with Gasteiger partial charge in [-0.1, -0.05) is 26.8 Å². The molecule has 190 valence electrons. The number of benzene rings is 1. The van der Waals surface area contributed by atoms with Crippen molar-refractivity contribution >= 4 is 0 Å². The summed E-state index contributed by atoms with van der Waals surface area (Å²) in [6.07, 6.45) is 8.71. The first kappa shape index (κ1) is 21.8. The molecule has 4 saturated carbocycles. The van der Waals surface area contributed by atoms with E-state index in [0.717, 1.165) is 30.3 Å². The number of piperidine rings is 1. The Morgan fingerprint density at radius 3 is 2.69 bits per heavy atom. The molecule has 3 heterocycles. The Labute approximate surface area is 209 Å². The van der Waals surface area contributed by atoms with E-state index in [1.165, 1.54) is 56.3 Å². The number of methoxy groups -OCH3 is 1. The molecule has 0 aromatic heterocycles. The van der Waals surface area contributed by atoms with E-state index in [1.54, 1.807) is 7.11 Å². The van der Waals surface area contributed by atoms with Gasteiger partial charge in [-0.25, -0.2) is 0 Å². The summed E-state index contributed by atoms with van der Waals surface area (Å²) in [5.74, 6) is 3.17. The maximum Gasteiger partial charge on any atom is 0.165 e. The Bertz CT molecular complexity index is 1110. The molecule has 5 aliphatic carbocycles. The molecule has 3 spiro atoms. The standard InChI is InChI=1S/C30H41NO4/c1-26(2,3)27(4)21-15-28-10-11-30(21,34-17-33-27)25-29(28)12-13-31(16-18-6-7-18)22(28)14-19-8-9-20(32-5)24(35-25)23(19)29/h8-9,18,21-22,25H,6-7,10-17H2,1-5H3/t21-,22?,25-,27+,28-,29+,30-/m1/s1. The Kier molecular flexibility index (Phi) is 3.97. The van der Waals surface area contributed by atoms with Gasteiger partial charge in [0.15, 0.2) is 11.5 Å². The quantitative estimate of drug-likeness (QED) is 0.605. The Morgan fingerprint density at radius 2 is 1.94 bits per heavy atom. The van der Waals surface area contributed by atoms with Crippen LogP contribution in [0.25, 0.3) is 0 Å². The summed E-state index contributed by atoms with van der Waals surface area (Å²) in [6, 6.07) is 5.09. The van der Waals surface area contributed by atoms with Crippen molar-refractivity contribution in [3.8, 4) is 11.5 Å². The lowest BCUT2D eigenvalue weighted by atomic mass is 9.33. The van der Waals surface area contributed by atoms with Crippen LogP contribution in [-0.2, 0) is 21.3 Å². The third kappa shape index (κ3) is 2.26. The van der Waals surface area contributed by atoms with Gasteiger partial charge in [0.25, 0.3) is 0 Å². The highest BCUT2D eigenvalue weighted by Gasteiger charge is 2.83. The van der Waals surface area contributed by atoms with E-state index < -0.39 is 0 Å². The van der Waals surface area contributed by atoms with Crippen molar-refractivity contribution in [1.29, 1.82) is 0 Å². The van der Waals surface area contributed by atoms with E-state index in [1.807, 2.05) is 0 Å². The van der Waals surface area contributed by atoms with Gasteiger partial charge in [-0.2, -0.15) is 0 Å². The first-order chi connectivity index (χ1) is 16.7. The first-order valence-electron chi connectivity index (χ1n) is 14.1. The van der Waals surface area contributed by atoms with Crippen molar-refractivity contribution < 1.29 is 18.9 Å². The summed E-state index contributed by atoms with van der Waals surface area (Å²) >= 11 is 0. The van der Waals surface area contributed by atoms with Crippen LogP contribution in [0.5, 0.6) is 11.5 Å². The molecule has 2 saturated heterocycles. The molecule has 1 aromatic rings. The zero-order chi connectivity index (χ0) is 24.0. The SMILES string of the molecule is COc1ccc2c3c1O[C@H]1[C@@]45CC[C@@]6(C[C@@H]4[C@@](C)(C(C)(C)C)OCO5)C(C2)N(CC2CC2)CC[C@]316. The number of hydrogen-bond donors (Lipinski definition) is 0. The Hall–Kier alpha value is -1.30. The predicted molar refractivity (Wildman–Crippen MR) is 133 cm³/mol. The molecule has 3 aliphatic heterocycles. The molecular formula is C30H41NO4. The van der Waals surface area contributed by atoms with Gasteiger partial charge in [-0.3, -0.25) is 4.90 Å². The Balaban J connectivity index is 1.38. The average Bonchev–Trinajstić information content (AvgIpc) is 3.57. The molecule has 0 radical (unpaired) electrons. The predicted octanol–water partition coefficient (Wildman–Crippen LogP) is 5.08. The van der Waals surface area contributed by atoms with Crippen LogP contribution in [0, 0.1) is 22.7 Å². The lowest BCUT2D eigenvalue weighted by Gasteiger charge is -2.77. The normalized spacial score (nSPS) is 47.2. The molecule has 1 aromatic carbocycles. The van der Waals surface area contributed by atoms with Crippen molar-refractivity contribution in [2.45, 2.75) is 101 Å². The van der Waals surface area contributed by atoms with Gasteiger partial charge in [-0.15, -0.1) is 0 Å². The molecule has 1 unspecified atom stereocenters. The maximum atomic E-state index is 7.20. The van der Waals surface area contributed by atoms with Crippen molar-refractivity contribution in [1.82, 2.24) is 4.90 Å². The van der Waals surface area contributed by atoms with E-state index in [2.05, 4.69) is 44.7 Å². The lowest BCUT2D eigenvalue weighted by Crippen LogP contribution is -2.84. The fraction of sp³-hybridized carbons (Fsp3) is 0.800. The van der Waals surface area contributed by atoms with Crippen molar-refractivity contribution in [2.75, 3.05) is 27.0 Å². The van der Waals surface area contributed by atoms with Gasteiger partial charge < -0.3 is 18.9 Å². The van der Waals surface area contributed by atoms with E-state index >= 15 is 0 Å². The second-order valence-electron chi connectivity index (χ2n) is 14.1. The zero-order valence-electron chi connectivity index (χ0n) is 22.1. The Morgan fingerprint density at radius 1 is 1.11 bits per heavy atom. The van der Waals surface area contributed by atoms with E-state index in [4.69, 9.17) is 18.9 Å². The molecule has 8 aliphatic rings. The fourth-order valence-corrected chi connectivity index (χ4v) is 10.2. The van der Waals surface area contributed by atoms with Gasteiger partial charge in [0.1, 0.15) is 18.5 Å². The molecular weight excluding hydrogens is 438 g/mol. The second kappa shape index (κ2) is 6.39. The zero-order valence-corrected chi connectivity index (χ0v) is 22.1. The number of fused-ring (bicyclic) bond motifs is 1. The van der Waals surface area contributed by atoms with Crippen LogP contribution in [0.3, 0.4) is 0 Å². The van der Waals surface area contributed by atoms with Crippen molar-refractivity contribution in [3.05, 3.63) is 23.3 Å². The number of rotatable bonds is 3. The minimum absolute atomic E-state index is 0.0154. The summed E-state index contributed by atoms with van der Waals surface area (Å²) in [4.78, 5) is 2.92. The third-order valence-electron chi connectivity index (χ3n) is 12.3. The van der Waals surface area contributed by atoms with Gasteiger partial charge in [0, 0.05) is 34.9 Å². The second-order valence-corrected chi connectivity index (χ2v) is 14.1. The van der Waals surface area contributed by atoms with Crippen LogP contribution in [0.15, 0.2) is 12.1 Å². The lowest BCUT2D eigenvalue weighted by molar-refractivity contribution is -0.389. The van der Waals surface area contributed by atoms with Crippen LogP contribution >= 0.6 is 0 Å². The highest BCUT2D eigenvalue weighted by molar-refractivity contribution is 5.63. The number of nitrogens with zero attached hydrogens (tertiary/aromatic N) is 1. The van der Waals surface area contributed by atoms with Crippen LogP contribution in [0.2, 0.25) is 0 Å². The highest BCUT2D eigenvalue weighted by atomic mass is 16.7. The summed E-state index contributed by atoms with van der Waals surface area (Å²) in [7, 11) is 1.79. The van der Waals surface area contributed by atoms with Crippen molar-refractivity contribution in [2.24, 2.45) is 22.7 Å². The molecule has 5 heteroatoms. The van der Waals surface area contributed by atoms with E-state index in [9.17, 15) is 0 Å². The summed E-state index contributed by atoms with van der Waals surface area (Å²) in [5, 5.41) is 0. The molecule has 7 atom stereocenters. The smallest absolute Gasteiger partial charge is 0.165 e. The van der Waals surface area contributed by atoms with Gasteiger partial charge in [0.2, 0.25) is 0 Å². The molecule has 6 fully saturated rings. The van der Waals surface area contributed by atoms with Crippen LogP contribution < -0.4 is 9.47 Å². The van der Waals surface area contributed by atoms with Crippen LogP contribution in [-0.4, -0.2) is 55.2 Å². The van der Waals surface area contributed by atoms with Crippen molar-refractivity contribution in [3.63, 3.8) is 0 Å². The fourth-order valence-electron chi connectivity index (χ4n) is 10.2. The first-order valence-corrected chi connectivity index (χ1v) is 14.1. The minimum atomic E-state index is -0.302.